The molecular formula is C18H24ClNO2. The van der Waals surface area contributed by atoms with E-state index in [2.05, 4.69) is 5.32 Å². The monoisotopic (exact) mass is 321 g/mol. The number of ether oxygens (including phenoxy) is 1. The van der Waals surface area contributed by atoms with Crippen LogP contribution in [0.25, 0.3) is 0 Å². The lowest BCUT2D eigenvalue weighted by atomic mass is 9.54. The summed E-state index contributed by atoms with van der Waals surface area (Å²) in [5.41, 5.74) is 1.27. The van der Waals surface area contributed by atoms with Crippen LogP contribution in [0.2, 0.25) is 5.02 Å². The largest absolute Gasteiger partial charge is 0.387 e. The number of fused-ring (bicyclic) bond motifs is 2. The third-order valence-electron chi connectivity index (χ3n) is 6.07. The molecule has 2 N–H and O–H groups in total. The Morgan fingerprint density at radius 1 is 1.27 bits per heavy atom. The zero-order valence-corrected chi connectivity index (χ0v) is 13.6. The van der Waals surface area contributed by atoms with Gasteiger partial charge in [0.15, 0.2) is 0 Å². The number of hydrogen-bond donors (Lipinski definition) is 2. The number of nitrogens with one attached hydrogen (secondary N) is 1. The molecule has 1 spiro atoms. The summed E-state index contributed by atoms with van der Waals surface area (Å²) in [7, 11) is 0. The first-order valence-corrected chi connectivity index (χ1v) is 8.87. The zero-order chi connectivity index (χ0) is 15.2. The van der Waals surface area contributed by atoms with E-state index in [1.54, 1.807) is 0 Å². The highest BCUT2D eigenvalue weighted by atomic mass is 35.5. The molecule has 4 atom stereocenters. The molecule has 3 nitrogen and oxygen atoms in total. The van der Waals surface area contributed by atoms with Crippen LogP contribution in [0.15, 0.2) is 24.3 Å². The van der Waals surface area contributed by atoms with E-state index in [1.165, 1.54) is 32.1 Å². The standard InChI is InChI=1S/C18H24ClNO2/c19-13-5-3-12(4-6-13)15(21)11-20-16-14-7-10-22-17(14)18(16)8-1-2-9-18/h3-6,14-17,20-21H,1-2,7-11H2. The fourth-order valence-corrected chi connectivity index (χ4v) is 5.18. The summed E-state index contributed by atoms with van der Waals surface area (Å²) in [5, 5.41) is 14.8. The van der Waals surface area contributed by atoms with E-state index < -0.39 is 6.10 Å². The van der Waals surface area contributed by atoms with Crippen molar-refractivity contribution in [3.05, 3.63) is 34.9 Å². The minimum atomic E-state index is -0.475. The average molecular weight is 322 g/mol. The van der Waals surface area contributed by atoms with Gasteiger partial charge in [-0.3, -0.25) is 0 Å². The van der Waals surface area contributed by atoms with Crippen LogP contribution < -0.4 is 5.32 Å². The molecule has 1 heterocycles. The van der Waals surface area contributed by atoms with Gasteiger partial charge in [0.05, 0.1) is 12.2 Å². The van der Waals surface area contributed by atoms with E-state index in [0.29, 0.717) is 35.0 Å². The van der Waals surface area contributed by atoms with Gasteiger partial charge in [0.1, 0.15) is 0 Å². The molecule has 120 valence electrons. The Hall–Kier alpha value is -0.610. The maximum absolute atomic E-state index is 10.4. The molecular weight excluding hydrogens is 298 g/mol. The van der Waals surface area contributed by atoms with E-state index in [0.717, 1.165) is 12.2 Å². The second kappa shape index (κ2) is 5.79. The van der Waals surface area contributed by atoms with Gasteiger partial charge in [-0.1, -0.05) is 36.6 Å². The van der Waals surface area contributed by atoms with Crippen molar-refractivity contribution in [3.63, 3.8) is 0 Å². The van der Waals surface area contributed by atoms with Gasteiger partial charge in [-0.25, -0.2) is 0 Å². The van der Waals surface area contributed by atoms with Gasteiger partial charge in [0.25, 0.3) is 0 Å². The van der Waals surface area contributed by atoms with Gasteiger partial charge >= 0.3 is 0 Å². The highest BCUT2D eigenvalue weighted by Crippen LogP contribution is 2.60. The second-order valence-corrected chi connectivity index (χ2v) is 7.57. The number of aliphatic hydroxyl groups excluding tert-OH is 1. The molecule has 22 heavy (non-hydrogen) atoms. The fraction of sp³-hybridized carbons (Fsp3) is 0.667. The Morgan fingerprint density at radius 3 is 2.73 bits per heavy atom. The van der Waals surface area contributed by atoms with Crippen LogP contribution in [0.1, 0.15) is 43.8 Å². The van der Waals surface area contributed by atoms with Crippen molar-refractivity contribution in [1.82, 2.24) is 5.32 Å². The number of aliphatic hydroxyl groups is 1. The van der Waals surface area contributed by atoms with E-state index in [4.69, 9.17) is 16.3 Å². The quantitative estimate of drug-likeness (QED) is 0.894. The lowest BCUT2D eigenvalue weighted by Gasteiger charge is -2.57. The Morgan fingerprint density at radius 2 is 2.00 bits per heavy atom. The Balaban J connectivity index is 1.41. The molecule has 2 aliphatic carbocycles. The highest BCUT2D eigenvalue weighted by Gasteiger charge is 2.64. The zero-order valence-electron chi connectivity index (χ0n) is 12.8. The predicted octanol–water partition coefficient (Wildman–Crippen LogP) is 3.31. The molecule has 4 unspecified atom stereocenters. The maximum Gasteiger partial charge on any atom is 0.0914 e. The highest BCUT2D eigenvalue weighted by molar-refractivity contribution is 6.30. The number of rotatable bonds is 4. The predicted molar refractivity (Wildman–Crippen MR) is 87.0 cm³/mol. The van der Waals surface area contributed by atoms with E-state index >= 15 is 0 Å². The number of benzene rings is 1. The van der Waals surface area contributed by atoms with Crippen molar-refractivity contribution in [2.24, 2.45) is 11.3 Å². The van der Waals surface area contributed by atoms with Gasteiger partial charge in [-0.05, 0) is 37.0 Å². The van der Waals surface area contributed by atoms with Crippen LogP contribution >= 0.6 is 11.6 Å². The first-order chi connectivity index (χ1) is 10.7. The summed E-state index contributed by atoms with van der Waals surface area (Å²) >= 11 is 5.91. The van der Waals surface area contributed by atoms with Crippen molar-refractivity contribution in [2.45, 2.75) is 50.4 Å². The number of hydrogen-bond acceptors (Lipinski definition) is 3. The third kappa shape index (κ3) is 2.30. The normalized spacial score (nSPS) is 33.6. The van der Waals surface area contributed by atoms with Gasteiger partial charge in [0.2, 0.25) is 0 Å². The smallest absolute Gasteiger partial charge is 0.0914 e. The fourth-order valence-electron chi connectivity index (χ4n) is 5.05. The topological polar surface area (TPSA) is 41.5 Å². The van der Waals surface area contributed by atoms with Crippen LogP contribution in [-0.2, 0) is 4.74 Å². The number of halogens is 1. The van der Waals surface area contributed by atoms with Crippen molar-refractivity contribution >= 4 is 11.6 Å². The van der Waals surface area contributed by atoms with Crippen LogP contribution in [0.3, 0.4) is 0 Å². The second-order valence-electron chi connectivity index (χ2n) is 7.14. The van der Waals surface area contributed by atoms with Crippen LogP contribution in [-0.4, -0.2) is 30.4 Å². The molecule has 0 bridgehead atoms. The summed E-state index contributed by atoms with van der Waals surface area (Å²) in [4.78, 5) is 0. The van der Waals surface area contributed by atoms with E-state index in [1.807, 2.05) is 24.3 Å². The minimum Gasteiger partial charge on any atom is -0.387 e. The van der Waals surface area contributed by atoms with Gasteiger partial charge in [-0.2, -0.15) is 0 Å². The summed E-state index contributed by atoms with van der Waals surface area (Å²) in [6, 6.07) is 8.00. The van der Waals surface area contributed by atoms with Gasteiger partial charge in [0, 0.05) is 35.5 Å². The molecule has 1 saturated heterocycles. The van der Waals surface area contributed by atoms with Gasteiger partial charge in [-0.15, -0.1) is 0 Å². The molecule has 1 aromatic carbocycles. The first-order valence-electron chi connectivity index (χ1n) is 8.49. The van der Waals surface area contributed by atoms with Crippen LogP contribution in [0, 0.1) is 11.3 Å². The molecule has 4 heteroatoms. The van der Waals surface area contributed by atoms with E-state index in [9.17, 15) is 5.11 Å². The SMILES string of the molecule is OC(CNC1C2CCOC2C12CCCC2)c1ccc(Cl)cc1. The van der Waals surface area contributed by atoms with Crippen molar-refractivity contribution in [1.29, 1.82) is 0 Å². The maximum atomic E-state index is 10.4. The van der Waals surface area contributed by atoms with Crippen LogP contribution in [0.5, 0.6) is 0 Å². The van der Waals surface area contributed by atoms with Crippen molar-refractivity contribution in [3.8, 4) is 0 Å². The average Bonchev–Trinajstić information content (AvgIpc) is 3.16. The van der Waals surface area contributed by atoms with Crippen molar-refractivity contribution in [2.75, 3.05) is 13.2 Å². The summed E-state index contributed by atoms with van der Waals surface area (Å²) in [5.74, 6) is 0.649. The molecule has 1 aromatic rings. The molecule has 0 amide bonds. The third-order valence-corrected chi connectivity index (χ3v) is 6.32. The summed E-state index contributed by atoms with van der Waals surface area (Å²) in [6.45, 7) is 1.52. The Bertz CT molecular complexity index is 526. The lowest BCUT2D eigenvalue weighted by molar-refractivity contribution is -0.132. The molecule has 0 aromatic heterocycles. The lowest BCUT2D eigenvalue weighted by Crippen LogP contribution is -2.67. The van der Waals surface area contributed by atoms with Crippen molar-refractivity contribution < 1.29 is 9.84 Å². The molecule has 3 aliphatic rings. The van der Waals surface area contributed by atoms with Crippen LogP contribution in [0.4, 0.5) is 0 Å². The first kappa shape index (κ1) is 14.9. The molecule has 3 fully saturated rings. The minimum absolute atomic E-state index is 0.348. The molecule has 4 rings (SSSR count). The summed E-state index contributed by atoms with van der Waals surface area (Å²) in [6.07, 6.45) is 6.37. The molecule has 2 saturated carbocycles. The molecule has 0 radical (unpaired) electrons. The Labute approximate surface area is 137 Å². The van der Waals surface area contributed by atoms with Gasteiger partial charge < -0.3 is 15.2 Å². The summed E-state index contributed by atoms with van der Waals surface area (Å²) < 4.78 is 6.01. The molecule has 1 aliphatic heterocycles. The Kier molecular flexibility index (Phi) is 3.93. The van der Waals surface area contributed by atoms with E-state index in [-0.39, 0.29) is 0 Å².